The van der Waals surface area contributed by atoms with Crippen LogP contribution in [0.1, 0.15) is 125 Å². The predicted octanol–water partition coefficient (Wildman–Crippen LogP) is 6.51. The molecule has 2 fully saturated rings. The van der Waals surface area contributed by atoms with Gasteiger partial charge in [0.1, 0.15) is 29.3 Å². The Kier molecular flexibility index (Phi) is 14.4. The number of nitrogens with two attached hydrogens (primary N) is 1. The molecule has 0 saturated heterocycles. The Balaban J connectivity index is 1.44. The van der Waals surface area contributed by atoms with Crippen LogP contribution in [0.4, 0.5) is 5.82 Å². The largest absolute Gasteiger partial charge is 0.464 e. The molecule has 0 aromatic carbocycles. The van der Waals surface area contributed by atoms with Crippen molar-refractivity contribution in [3.8, 4) is 0 Å². The number of hydrogen-bond donors (Lipinski definition) is 3. The molecule has 2 heterocycles. The highest BCUT2D eigenvalue weighted by Crippen LogP contribution is 2.42. The highest BCUT2D eigenvalue weighted by atomic mass is 31.2. The lowest BCUT2D eigenvalue weighted by molar-refractivity contribution is -0.151. The van der Waals surface area contributed by atoms with Gasteiger partial charge in [0.2, 0.25) is 7.44 Å². The fourth-order valence-electron chi connectivity index (χ4n) is 6.84. The van der Waals surface area contributed by atoms with E-state index in [0.717, 1.165) is 51.4 Å². The minimum absolute atomic E-state index is 0.280. The first-order valence-corrected chi connectivity index (χ1v) is 20.2. The SMILES string of the molecule is C[C@H](Cn1cnc2c(N)ncnc21)OCP(=O)(NC(C)(C)C(=O)OCC1CCCCCCC1)NC(C)(C)C(=O)OCC1CCCCCCC1. The Bertz CT molecular complexity index is 1340. The van der Waals surface area contributed by atoms with E-state index in [4.69, 9.17) is 19.9 Å². The third-order valence-electron chi connectivity index (χ3n) is 9.71. The van der Waals surface area contributed by atoms with Crippen LogP contribution in [0.15, 0.2) is 12.7 Å². The van der Waals surface area contributed by atoms with Crippen LogP contribution in [-0.4, -0.2) is 68.2 Å². The summed E-state index contributed by atoms with van der Waals surface area (Å²) in [5.41, 5.74) is 4.31. The molecule has 2 aromatic rings. The van der Waals surface area contributed by atoms with Gasteiger partial charge < -0.3 is 24.5 Å². The molecule has 2 aliphatic rings. The lowest BCUT2D eigenvalue weighted by Crippen LogP contribution is -2.54. The summed E-state index contributed by atoms with van der Waals surface area (Å²) in [6, 6.07) is 0. The highest BCUT2D eigenvalue weighted by Gasteiger charge is 2.43. The Labute approximate surface area is 292 Å². The van der Waals surface area contributed by atoms with Gasteiger partial charge in [-0.1, -0.05) is 64.2 Å². The predicted molar refractivity (Wildman–Crippen MR) is 191 cm³/mol. The standard InChI is InChI=1S/C35H60N7O6P/c1-26(20-42-24-39-29-30(36)37-23-38-31(29)42)48-25-49(45,40-34(2,3)32(43)46-21-27-16-12-8-6-9-13-17-27)41-35(4,5)33(44)47-22-28-18-14-10-7-11-15-19-28/h23-24,26-28H,6-22,25H2,1-5H3,(H2,36,37,38)(H2,40,41,45)/t26-/m1/s1. The maximum absolute atomic E-state index is 14.8. The number of rotatable bonds is 15. The number of nitrogens with one attached hydrogen (secondary N) is 2. The summed E-state index contributed by atoms with van der Waals surface area (Å²) < 4.78 is 34.4. The number of hydrogen-bond acceptors (Lipinski definition) is 10. The molecule has 1 atom stereocenters. The van der Waals surface area contributed by atoms with Gasteiger partial charge in [0.25, 0.3) is 0 Å². The van der Waals surface area contributed by atoms with Crippen LogP contribution in [0.5, 0.6) is 0 Å². The summed E-state index contributed by atoms with van der Waals surface area (Å²) >= 11 is 0. The van der Waals surface area contributed by atoms with Crippen molar-refractivity contribution < 1.29 is 28.4 Å². The van der Waals surface area contributed by atoms with Gasteiger partial charge in [0.05, 0.1) is 32.2 Å². The number of aromatic nitrogens is 4. The van der Waals surface area contributed by atoms with Crippen molar-refractivity contribution in [3.63, 3.8) is 0 Å². The molecule has 0 aliphatic heterocycles. The van der Waals surface area contributed by atoms with E-state index in [0.29, 0.717) is 42.8 Å². The maximum atomic E-state index is 14.8. The van der Waals surface area contributed by atoms with Gasteiger partial charge in [-0.05, 0) is 72.1 Å². The molecule has 49 heavy (non-hydrogen) atoms. The van der Waals surface area contributed by atoms with Crippen molar-refractivity contribution in [1.82, 2.24) is 29.7 Å². The number of esters is 2. The minimum atomic E-state index is -3.80. The maximum Gasteiger partial charge on any atom is 0.326 e. The average Bonchev–Trinajstić information content (AvgIpc) is 3.42. The van der Waals surface area contributed by atoms with Crippen LogP contribution in [0.25, 0.3) is 11.2 Å². The van der Waals surface area contributed by atoms with E-state index in [2.05, 4.69) is 25.1 Å². The van der Waals surface area contributed by atoms with Crippen molar-refractivity contribution in [3.05, 3.63) is 12.7 Å². The number of fused-ring (bicyclic) bond motifs is 1. The molecule has 2 saturated carbocycles. The van der Waals surface area contributed by atoms with Crippen LogP contribution in [-0.2, 0) is 34.9 Å². The third-order valence-corrected chi connectivity index (χ3v) is 12.1. The Morgan fingerprint density at radius 3 is 1.80 bits per heavy atom. The Morgan fingerprint density at radius 2 is 1.31 bits per heavy atom. The summed E-state index contributed by atoms with van der Waals surface area (Å²) in [7, 11) is -3.80. The van der Waals surface area contributed by atoms with E-state index in [1.165, 1.54) is 44.9 Å². The molecule has 0 spiro atoms. The number of ether oxygens (including phenoxy) is 3. The molecule has 2 aliphatic carbocycles. The molecular weight excluding hydrogens is 645 g/mol. The summed E-state index contributed by atoms with van der Waals surface area (Å²) in [4.78, 5) is 39.5. The minimum Gasteiger partial charge on any atom is -0.464 e. The van der Waals surface area contributed by atoms with Crippen LogP contribution in [0.2, 0.25) is 0 Å². The van der Waals surface area contributed by atoms with Crippen LogP contribution in [0, 0.1) is 11.8 Å². The molecule has 0 unspecified atom stereocenters. The summed E-state index contributed by atoms with van der Waals surface area (Å²) in [5.74, 6) is -0.0865. The Morgan fingerprint density at radius 1 is 0.837 bits per heavy atom. The monoisotopic (exact) mass is 705 g/mol. The zero-order valence-electron chi connectivity index (χ0n) is 30.4. The zero-order chi connectivity index (χ0) is 35.5. The van der Waals surface area contributed by atoms with Crippen molar-refractivity contribution >= 4 is 36.4 Å². The van der Waals surface area contributed by atoms with Gasteiger partial charge in [-0.15, -0.1) is 0 Å². The number of carbonyl (C=O) groups excluding carboxylic acids is 2. The molecular formula is C35H60N7O6P. The van der Waals surface area contributed by atoms with Crippen LogP contribution < -0.4 is 15.9 Å². The van der Waals surface area contributed by atoms with Crippen molar-refractivity contribution in [1.29, 1.82) is 0 Å². The van der Waals surface area contributed by atoms with Crippen LogP contribution >= 0.6 is 7.44 Å². The normalized spacial score (nSPS) is 18.6. The van der Waals surface area contributed by atoms with Gasteiger partial charge >= 0.3 is 11.9 Å². The Hall–Kier alpha value is -2.60. The number of nitrogen functional groups attached to an aromatic ring is 1. The number of carbonyl (C=O) groups is 2. The second-order valence-electron chi connectivity index (χ2n) is 15.3. The van der Waals surface area contributed by atoms with E-state index >= 15 is 0 Å². The fourth-order valence-corrected chi connectivity index (χ4v) is 9.48. The molecule has 4 rings (SSSR count). The first-order valence-electron chi connectivity index (χ1n) is 18.3. The second-order valence-corrected chi connectivity index (χ2v) is 17.5. The molecule has 0 amide bonds. The number of imidazole rings is 1. The van der Waals surface area contributed by atoms with Crippen molar-refractivity contribution in [2.75, 3.05) is 25.3 Å². The molecule has 4 N–H and O–H groups in total. The quantitative estimate of drug-likeness (QED) is 0.136. The van der Waals surface area contributed by atoms with Gasteiger partial charge in [0.15, 0.2) is 11.5 Å². The van der Waals surface area contributed by atoms with Crippen molar-refractivity contribution in [2.24, 2.45) is 11.8 Å². The van der Waals surface area contributed by atoms with E-state index in [1.807, 2.05) is 6.92 Å². The smallest absolute Gasteiger partial charge is 0.326 e. The van der Waals surface area contributed by atoms with E-state index in [-0.39, 0.29) is 12.2 Å². The molecule has 14 heteroatoms. The molecule has 0 radical (unpaired) electrons. The topological polar surface area (TPSA) is 173 Å². The summed E-state index contributed by atoms with van der Waals surface area (Å²) in [6.07, 6.45) is 18.3. The molecule has 0 bridgehead atoms. The highest BCUT2D eigenvalue weighted by molar-refractivity contribution is 7.59. The number of anilines is 1. The zero-order valence-corrected chi connectivity index (χ0v) is 31.3. The first kappa shape index (κ1) is 39.2. The molecule has 13 nitrogen and oxygen atoms in total. The lowest BCUT2D eigenvalue weighted by Gasteiger charge is -2.36. The van der Waals surface area contributed by atoms with E-state index in [9.17, 15) is 14.2 Å². The summed E-state index contributed by atoms with van der Waals surface area (Å²) in [5, 5.41) is 6.09. The first-order chi connectivity index (χ1) is 23.3. The van der Waals surface area contributed by atoms with Gasteiger partial charge in [-0.2, -0.15) is 0 Å². The third kappa shape index (κ3) is 12.0. The van der Waals surface area contributed by atoms with Gasteiger partial charge in [0, 0.05) is 0 Å². The van der Waals surface area contributed by atoms with Gasteiger partial charge in [-0.3, -0.25) is 14.2 Å². The number of nitrogens with zero attached hydrogens (tertiary/aromatic N) is 4. The van der Waals surface area contributed by atoms with Gasteiger partial charge in [-0.25, -0.2) is 25.1 Å². The van der Waals surface area contributed by atoms with E-state index in [1.54, 1.807) is 38.6 Å². The lowest BCUT2D eigenvalue weighted by atomic mass is 9.92. The average molecular weight is 706 g/mol. The molecule has 276 valence electrons. The second kappa shape index (κ2) is 18.1. The van der Waals surface area contributed by atoms with E-state index < -0.39 is 36.6 Å². The fraction of sp³-hybridized carbons (Fsp3) is 0.800. The van der Waals surface area contributed by atoms with Crippen molar-refractivity contribution in [2.45, 2.75) is 148 Å². The molecule has 2 aromatic heterocycles. The summed E-state index contributed by atoms with van der Waals surface area (Å²) in [6.45, 7) is 9.43. The van der Waals surface area contributed by atoms with Crippen LogP contribution in [0.3, 0.4) is 0 Å².